The molecule has 1 aliphatic rings. The number of rotatable bonds is 5. The Bertz CT molecular complexity index is 695. The highest BCUT2D eigenvalue weighted by Gasteiger charge is 2.34. The highest BCUT2D eigenvalue weighted by Crippen LogP contribution is 2.35. The van der Waals surface area contributed by atoms with Crippen LogP contribution in [0.4, 0.5) is 15.8 Å². The van der Waals surface area contributed by atoms with E-state index < -0.39 is 4.92 Å². The minimum atomic E-state index is -0.414. The third kappa shape index (κ3) is 3.54. The van der Waals surface area contributed by atoms with Gasteiger partial charge in [0.1, 0.15) is 5.82 Å². The SMILES string of the molecule is O=[N+]([O-])c1ccc(NCC2(c3ccc(F)cc3)CCOCC2)cc1. The molecule has 0 amide bonds. The Morgan fingerprint density at radius 3 is 2.29 bits per heavy atom. The average molecular weight is 330 g/mol. The molecule has 1 saturated heterocycles. The zero-order valence-electron chi connectivity index (χ0n) is 13.2. The summed E-state index contributed by atoms with van der Waals surface area (Å²) in [7, 11) is 0. The average Bonchev–Trinajstić information content (AvgIpc) is 2.62. The van der Waals surface area contributed by atoms with Gasteiger partial charge in [0, 0.05) is 43.0 Å². The minimum absolute atomic E-state index is 0.0693. The summed E-state index contributed by atoms with van der Waals surface area (Å²) in [5, 5.41) is 14.1. The molecule has 0 unspecified atom stereocenters. The Morgan fingerprint density at radius 2 is 1.71 bits per heavy atom. The summed E-state index contributed by atoms with van der Waals surface area (Å²) in [6, 6.07) is 13.0. The van der Waals surface area contributed by atoms with E-state index in [1.54, 1.807) is 12.1 Å². The number of nitro benzene ring substituents is 1. The molecule has 5 nitrogen and oxygen atoms in total. The number of hydrogen-bond donors (Lipinski definition) is 1. The Hall–Kier alpha value is -2.47. The summed E-state index contributed by atoms with van der Waals surface area (Å²) in [4.78, 5) is 10.3. The van der Waals surface area contributed by atoms with Crippen LogP contribution in [0.2, 0.25) is 0 Å². The van der Waals surface area contributed by atoms with E-state index >= 15 is 0 Å². The molecule has 0 aliphatic carbocycles. The molecule has 0 saturated carbocycles. The summed E-state index contributed by atoms with van der Waals surface area (Å²) in [6.07, 6.45) is 1.69. The van der Waals surface area contributed by atoms with Gasteiger partial charge in [0.25, 0.3) is 5.69 Å². The quantitative estimate of drug-likeness (QED) is 0.667. The fourth-order valence-electron chi connectivity index (χ4n) is 3.11. The van der Waals surface area contributed by atoms with Gasteiger partial charge in [-0.15, -0.1) is 0 Å². The first-order valence-electron chi connectivity index (χ1n) is 7.91. The van der Waals surface area contributed by atoms with Crippen LogP contribution in [0.25, 0.3) is 0 Å². The van der Waals surface area contributed by atoms with Crippen LogP contribution < -0.4 is 5.32 Å². The van der Waals surface area contributed by atoms with Gasteiger partial charge >= 0.3 is 0 Å². The molecule has 1 fully saturated rings. The molecule has 1 aliphatic heterocycles. The lowest BCUT2D eigenvalue weighted by Crippen LogP contribution is -2.40. The van der Waals surface area contributed by atoms with E-state index in [-0.39, 0.29) is 16.9 Å². The van der Waals surface area contributed by atoms with Crippen LogP contribution in [0.3, 0.4) is 0 Å². The van der Waals surface area contributed by atoms with Gasteiger partial charge in [0.15, 0.2) is 0 Å². The maximum absolute atomic E-state index is 13.2. The number of benzene rings is 2. The number of non-ortho nitro benzene ring substituents is 1. The van der Waals surface area contributed by atoms with Crippen LogP contribution >= 0.6 is 0 Å². The number of nitro groups is 1. The van der Waals surface area contributed by atoms with Gasteiger partial charge in [-0.1, -0.05) is 12.1 Å². The van der Waals surface area contributed by atoms with Gasteiger partial charge in [0.2, 0.25) is 0 Å². The number of nitrogens with one attached hydrogen (secondary N) is 1. The zero-order chi connectivity index (χ0) is 17.0. The van der Waals surface area contributed by atoms with Crippen LogP contribution in [-0.4, -0.2) is 24.7 Å². The van der Waals surface area contributed by atoms with Crippen molar-refractivity contribution in [2.45, 2.75) is 18.3 Å². The summed E-state index contributed by atoms with van der Waals surface area (Å²) >= 11 is 0. The molecule has 24 heavy (non-hydrogen) atoms. The summed E-state index contributed by atoms with van der Waals surface area (Å²) in [6.45, 7) is 2.00. The maximum Gasteiger partial charge on any atom is 0.269 e. The Morgan fingerprint density at radius 1 is 1.08 bits per heavy atom. The molecule has 0 bridgehead atoms. The van der Waals surface area contributed by atoms with E-state index in [0.29, 0.717) is 19.8 Å². The number of halogens is 1. The largest absolute Gasteiger partial charge is 0.384 e. The van der Waals surface area contributed by atoms with Crippen LogP contribution in [0.1, 0.15) is 18.4 Å². The number of nitrogens with zero attached hydrogens (tertiary/aromatic N) is 1. The van der Waals surface area contributed by atoms with Gasteiger partial charge in [-0.05, 0) is 42.7 Å². The van der Waals surface area contributed by atoms with Crippen molar-refractivity contribution in [3.05, 3.63) is 70.0 Å². The monoisotopic (exact) mass is 330 g/mol. The van der Waals surface area contributed by atoms with Crippen molar-refractivity contribution in [2.75, 3.05) is 25.1 Å². The maximum atomic E-state index is 13.2. The van der Waals surface area contributed by atoms with Crippen molar-refractivity contribution >= 4 is 11.4 Å². The first-order chi connectivity index (χ1) is 11.6. The fraction of sp³-hybridized carbons (Fsp3) is 0.333. The number of hydrogen-bond acceptors (Lipinski definition) is 4. The molecular weight excluding hydrogens is 311 g/mol. The standard InChI is InChI=1S/C18H19FN2O3/c19-15-3-1-14(2-4-15)18(9-11-24-12-10-18)13-20-16-5-7-17(8-6-16)21(22)23/h1-8,20H,9-13H2. The molecule has 126 valence electrons. The molecule has 1 N–H and O–H groups in total. The summed E-state index contributed by atoms with van der Waals surface area (Å²) in [5.41, 5.74) is 1.85. The lowest BCUT2D eigenvalue weighted by molar-refractivity contribution is -0.384. The molecule has 0 radical (unpaired) electrons. The van der Waals surface area contributed by atoms with E-state index in [1.807, 2.05) is 12.1 Å². The second-order valence-corrected chi connectivity index (χ2v) is 6.06. The second-order valence-electron chi connectivity index (χ2n) is 6.06. The van der Waals surface area contributed by atoms with Crippen molar-refractivity contribution in [3.63, 3.8) is 0 Å². The summed E-state index contributed by atoms with van der Waals surface area (Å²) in [5.74, 6) is -0.246. The second kappa shape index (κ2) is 6.97. The van der Waals surface area contributed by atoms with Crippen molar-refractivity contribution in [1.29, 1.82) is 0 Å². The van der Waals surface area contributed by atoms with Gasteiger partial charge in [-0.25, -0.2) is 4.39 Å². The molecule has 3 rings (SSSR count). The smallest absolute Gasteiger partial charge is 0.269 e. The van der Waals surface area contributed by atoms with Crippen molar-refractivity contribution in [3.8, 4) is 0 Å². The van der Waals surface area contributed by atoms with Crippen LogP contribution in [0.5, 0.6) is 0 Å². The predicted octanol–water partition coefficient (Wildman–Crippen LogP) is 3.89. The molecule has 0 spiro atoms. The Labute approximate surface area is 139 Å². The van der Waals surface area contributed by atoms with Gasteiger partial charge in [-0.3, -0.25) is 10.1 Å². The normalized spacial score (nSPS) is 16.5. The van der Waals surface area contributed by atoms with E-state index in [9.17, 15) is 14.5 Å². The lowest BCUT2D eigenvalue weighted by atomic mass is 9.74. The van der Waals surface area contributed by atoms with Gasteiger partial charge in [-0.2, -0.15) is 0 Å². The molecule has 0 atom stereocenters. The molecular formula is C18H19FN2O3. The molecule has 0 aromatic heterocycles. The van der Waals surface area contributed by atoms with Gasteiger partial charge < -0.3 is 10.1 Å². The first-order valence-corrected chi connectivity index (χ1v) is 7.91. The lowest BCUT2D eigenvalue weighted by Gasteiger charge is -2.38. The van der Waals surface area contributed by atoms with E-state index in [2.05, 4.69) is 5.32 Å². The molecule has 2 aromatic rings. The third-order valence-electron chi connectivity index (χ3n) is 4.62. The fourth-order valence-corrected chi connectivity index (χ4v) is 3.11. The van der Waals surface area contributed by atoms with E-state index in [1.165, 1.54) is 24.3 Å². The predicted molar refractivity (Wildman–Crippen MR) is 89.7 cm³/mol. The van der Waals surface area contributed by atoms with Crippen molar-refractivity contribution in [1.82, 2.24) is 0 Å². The summed E-state index contributed by atoms with van der Waals surface area (Å²) < 4.78 is 18.7. The van der Waals surface area contributed by atoms with Crippen LogP contribution in [0, 0.1) is 15.9 Å². The topological polar surface area (TPSA) is 64.4 Å². The number of ether oxygens (including phenoxy) is 1. The molecule has 2 aromatic carbocycles. The zero-order valence-corrected chi connectivity index (χ0v) is 13.2. The van der Waals surface area contributed by atoms with E-state index in [0.717, 1.165) is 24.1 Å². The minimum Gasteiger partial charge on any atom is -0.384 e. The van der Waals surface area contributed by atoms with Crippen molar-refractivity contribution < 1.29 is 14.1 Å². The number of anilines is 1. The van der Waals surface area contributed by atoms with E-state index in [4.69, 9.17) is 4.74 Å². The highest BCUT2D eigenvalue weighted by atomic mass is 19.1. The van der Waals surface area contributed by atoms with Crippen LogP contribution in [0.15, 0.2) is 48.5 Å². The first kappa shape index (κ1) is 16.4. The Balaban J connectivity index is 1.77. The molecule has 1 heterocycles. The van der Waals surface area contributed by atoms with Crippen molar-refractivity contribution in [2.24, 2.45) is 0 Å². The Kier molecular flexibility index (Phi) is 4.76. The third-order valence-corrected chi connectivity index (χ3v) is 4.62. The van der Waals surface area contributed by atoms with Crippen LogP contribution in [-0.2, 0) is 10.2 Å². The highest BCUT2D eigenvalue weighted by molar-refractivity contribution is 5.49. The van der Waals surface area contributed by atoms with Gasteiger partial charge in [0.05, 0.1) is 4.92 Å². The molecule has 6 heteroatoms.